The molecule has 1 aromatic carbocycles. The largest absolute Gasteiger partial charge is 0.391 e. The van der Waals surface area contributed by atoms with E-state index in [1.54, 1.807) is 12.1 Å². The molecule has 0 spiro atoms. The van der Waals surface area contributed by atoms with Crippen molar-refractivity contribution in [2.24, 2.45) is 11.8 Å². The van der Waals surface area contributed by atoms with Crippen molar-refractivity contribution in [2.45, 2.75) is 44.1 Å². The Balaban J connectivity index is 1.52. The van der Waals surface area contributed by atoms with E-state index in [-0.39, 0.29) is 30.1 Å². The molecule has 5 heteroatoms. The summed E-state index contributed by atoms with van der Waals surface area (Å²) < 4.78 is 13.8. The highest BCUT2D eigenvalue weighted by Crippen LogP contribution is 2.50. The molecule has 3 unspecified atom stereocenters. The van der Waals surface area contributed by atoms with E-state index in [4.69, 9.17) is 11.6 Å². The van der Waals surface area contributed by atoms with Crippen molar-refractivity contribution in [3.05, 3.63) is 34.6 Å². The van der Waals surface area contributed by atoms with Crippen LogP contribution in [0.15, 0.2) is 18.2 Å². The van der Waals surface area contributed by atoms with E-state index in [0.717, 1.165) is 25.7 Å². The van der Waals surface area contributed by atoms with Gasteiger partial charge in [0.25, 0.3) is 0 Å². The van der Waals surface area contributed by atoms with E-state index in [2.05, 4.69) is 5.32 Å². The van der Waals surface area contributed by atoms with Crippen LogP contribution in [0, 0.1) is 17.7 Å². The van der Waals surface area contributed by atoms with Gasteiger partial charge in [0.1, 0.15) is 5.82 Å². The molecule has 2 saturated carbocycles. The average molecular weight is 326 g/mol. The van der Waals surface area contributed by atoms with Gasteiger partial charge in [-0.1, -0.05) is 30.5 Å². The molecule has 22 heavy (non-hydrogen) atoms. The van der Waals surface area contributed by atoms with E-state index < -0.39 is 6.10 Å². The topological polar surface area (TPSA) is 49.3 Å². The minimum Gasteiger partial charge on any atom is -0.391 e. The van der Waals surface area contributed by atoms with Crippen LogP contribution in [-0.2, 0) is 4.79 Å². The fourth-order valence-electron chi connectivity index (χ4n) is 3.51. The first-order valence-electron chi connectivity index (χ1n) is 7.97. The third-order valence-corrected chi connectivity index (χ3v) is 5.26. The third-order valence-electron chi connectivity index (χ3n) is 4.93. The summed E-state index contributed by atoms with van der Waals surface area (Å²) in [5.74, 6) is -0.529. The predicted molar refractivity (Wildman–Crippen MR) is 83.2 cm³/mol. The molecule has 120 valence electrons. The van der Waals surface area contributed by atoms with Crippen LogP contribution in [0.4, 0.5) is 4.39 Å². The zero-order valence-corrected chi connectivity index (χ0v) is 13.2. The lowest BCUT2D eigenvalue weighted by atomic mass is 10.0. The van der Waals surface area contributed by atoms with E-state index in [0.29, 0.717) is 22.9 Å². The lowest BCUT2D eigenvalue weighted by Crippen LogP contribution is -2.36. The molecule has 1 aromatic rings. The van der Waals surface area contributed by atoms with Crippen LogP contribution in [0.1, 0.15) is 43.6 Å². The Morgan fingerprint density at radius 1 is 1.41 bits per heavy atom. The first-order valence-corrected chi connectivity index (χ1v) is 8.35. The van der Waals surface area contributed by atoms with Gasteiger partial charge in [0, 0.05) is 29.0 Å². The molecule has 0 saturated heterocycles. The number of benzene rings is 1. The zero-order valence-electron chi connectivity index (χ0n) is 12.4. The minimum atomic E-state index is -0.472. The van der Waals surface area contributed by atoms with Gasteiger partial charge in [-0.15, -0.1) is 0 Å². The van der Waals surface area contributed by atoms with Crippen LogP contribution in [0.2, 0.25) is 5.02 Å². The number of carbonyl (C=O) groups is 1. The molecule has 3 nitrogen and oxygen atoms in total. The van der Waals surface area contributed by atoms with E-state index in [9.17, 15) is 14.3 Å². The Hall–Kier alpha value is -1.13. The van der Waals surface area contributed by atoms with Crippen molar-refractivity contribution < 1.29 is 14.3 Å². The summed E-state index contributed by atoms with van der Waals surface area (Å²) >= 11 is 6.04. The maximum atomic E-state index is 13.8. The predicted octanol–water partition coefficient (Wildman–Crippen LogP) is 3.25. The maximum absolute atomic E-state index is 13.8. The standard InChI is InChI=1S/C17H21ClFNO2/c18-13-6-3-7-14(19)16(13)11-8-12(11)17(22)20-9-15(21)10-4-1-2-5-10/h3,6-7,10-12,15,21H,1-2,4-5,8-9H2,(H,20,22). The number of aliphatic hydroxyl groups excluding tert-OH is 1. The van der Waals surface area contributed by atoms with Gasteiger partial charge in [-0.25, -0.2) is 4.39 Å². The molecule has 0 heterocycles. The number of hydrogen-bond acceptors (Lipinski definition) is 2. The van der Waals surface area contributed by atoms with E-state index in [1.807, 2.05) is 0 Å². The highest BCUT2D eigenvalue weighted by Gasteiger charge is 2.46. The second-order valence-electron chi connectivity index (χ2n) is 6.44. The Morgan fingerprint density at radius 3 is 2.82 bits per heavy atom. The Kier molecular flexibility index (Phi) is 4.69. The van der Waals surface area contributed by atoms with Gasteiger partial charge in [0.15, 0.2) is 0 Å². The molecule has 0 radical (unpaired) electrons. The van der Waals surface area contributed by atoms with E-state index >= 15 is 0 Å². The van der Waals surface area contributed by atoms with Crippen LogP contribution in [0.5, 0.6) is 0 Å². The van der Waals surface area contributed by atoms with Crippen LogP contribution in [0.25, 0.3) is 0 Å². The Morgan fingerprint density at radius 2 is 2.14 bits per heavy atom. The van der Waals surface area contributed by atoms with Gasteiger partial charge in [-0.3, -0.25) is 4.79 Å². The van der Waals surface area contributed by atoms with Crippen molar-refractivity contribution in [1.82, 2.24) is 5.32 Å². The molecule has 1 amide bonds. The first-order chi connectivity index (χ1) is 10.6. The summed E-state index contributed by atoms with van der Waals surface area (Å²) in [5.41, 5.74) is 0.445. The number of aliphatic hydroxyl groups is 1. The van der Waals surface area contributed by atoms with Gasteiger partial charge in [0.2, 0.25) is 5.91 Å². The van der Waals surface area contributed by atoms with Crippen molar-refractivity contribution in [3.8, 4) is 0 Å². The second-order valence-corrected chi connectivity index (χ2v) is 6.85. The molecule has 2 aliphatic rings. The van der Waals surface area contributed by atoms with Crippen molar-refractivity contribution in [1.29, 1.82) is 0 Å². The van der Waals surface area contributed by atoms with Gasteiger partial charge >= 0.3 is 0 Å². The van der Waals surface area contributed by atoms with Crippen molar-refractivity contribution in [2.75, 3.05) is 6.54 Å². The number of halogens is 2. The molecule has 0 aliphatic heterocycles. The van der Waals surface area contributed by atoms with Crippen molar-refractivity contribution >= 4 is 17.5 Å². The monoisotopic (exact) mass is 325 g/mol. The van der Waals surface area contributed by atoms with Crippen LogP contribution in [0.3, 0.4) is 0 Å². The second kappa shape index (κ2) is 6.55. The number of hydrogen-bond donors (Lipinski definition) is 2. The Bertz CT molecular complexity index is 539. The first kappa shape index (κ1) is 15.8. The smallest absolute Gasteiger partial charge is 0.223 e. The summed E-state index contributed by atoms with van der Waals surface area (Å²) in [4.78, 5) is 12.1. The van der Waals surface area contributed by atoms with Gasteiger partial charge < -0.3 is 10.4 Å². The molecule has 3 atom stereocenters. The van der Waals surface area contributed by atoms with Crippen LogP contribution >= 0.6 is 11.6 Å². The summed E-state index contributed by atoms with van der Waals surface area (Å²) in [5, 5.41) is 13.3. The Labute approximate surface area is 134 Å². The number of amides is 1. The maximum Gasteiger partial charge on any atom is 0.223 e. The molecule has 2 N–H and O–H groups in total. The van der Waals surface area contributed by atoms with Gasteiger partial charge in [-0.05, 0) is 37.3 Å². The highest BCUT2D eigenvalue weighted by molar-refractivity contribution is 6.31. The molecule has 0 bridgehead atoms. The molecule has 0 aromatic heterocycles. The number of carbonyl (C=O) groups excluding carboxylic acids is 1. The molecule has 3 rings (SSSR count). The normalized spacial score (nSPS) is 26.0. The molecular weight excluding hydrogens is 305 g/mol. The molecular formula is C17H21ClFNO2. The summed E-state index contributed by atoms with van der Waals surface area (Å²) in [6, 6.07) is 4.59. The quantitative estimate of drug-likeness (QED) is 0.873. The lowest BCUT2D eigenvalue weighted by molar-refractivity contribution is -0.123. The van der Waals surface area contributed by atoms with Gasteiger partial charge in [-0.2, -0.15) is 0 Å². The minimum absolute atomic E-state index is 0.110. The van der Waals surface area contributed by atoms with E-state index in [1.165, 1.54) is 6.07 Å². The zero-order chi connectivity index (χ0) is 15.7. The van der Waals surface area contributed by atoms with Gasteiger partial charge in [0.05, 0.1) is 6.10 Å². The fraction of sp³-hybridized carbons (Fsp3) is 0.588. The fourth-order valence-corrected chi connectivity index (χ4v) is 3.82. The van der Waals surface area contributed by atoms with Crippen LogP contribution < -0.4 is 5.32 Å². The lowest BCUT2D eigenvalue weighted by Gasteiger charge is -2.18. The number of rotatable bonds is 5. The average Bonchev–Trinajstić information content (AvgIpc) is 3.07. The SMILES string of the molecule is O=C(NCC(O)C1CCCC1)C1CC1c1c(F)cccc1Cl. The summed E-state index contributed by atoms with van der Waals surface area (Å²) in [6.45, 7) is 0.289. The summed E-state index contributed by atoms with van der Waals surface area (Å²) in [7, 11) is 0. The molecule has 2 aliphatic carbocycles. The molecule has 2 fully saturated rings. The third kappa shape index (κ3) is 3.28. The van der Waals surface area contributed by atoms with Crippen molar-refractivity contribution in [3.63, 3.8) is 0 Å². The van der Waals surface area contributed by atoms with Crippen LogP contribution in [-0.4, -0.2) is 23.7 Å². The summed E-state index contributed by atoms with van der Waals surface area (Å²) in [6.07, 6.45) is 4.53. The highest BCUT2D eigenvalue weighted by atomic mass is 35.5. The number of nitrogens with one attached hydrogen (secondary N) is 1.